The lowest BCUT2D eigenvalue weighted by molar-refractivity contribution is -0.0758. The molecule has 2 aromatic rings. The molecule has 2 fully saturated rings. The Kier molecular flexibility index (Phi) is 6.63. The quantitative estimate of drug-likeness (QED) is 0.766. The normalized spacial score (nSPS) is 22.1. The van der Waals surface area contributed by atoms with Crippen LogP contribution in [0.4, 0.5) is 4.39 Å². The van der Waals surface area contributed by atoms with Crippen LogP contribution >= 0.6 is 0 Å². The lowest BCUT2D eigenvalue weighted by Crippen LogP contribution is -2.48. The van der Waals surface area contributed by atoms with E-state index in [1.807, 2.05) is 18.2 Å². The van der Waals surface area contributed by atoms with Crippen LogP contribution in [0, 0.1) is 11.7 Å². The smallest absolute Gasteiger partial charge is 0.123 e. The number of nitrogens with zero attached hydrogens (tertiary/aromatic N) is 1. The topological polar surface area (TPSA) is 32.7 Å². The van der Waals surface area contributed by atoms with Crippen LogP contribution in [-0.2, 0) is 10.3 Å². The second kappa shape index (κ2) is 9.38. The van der Waals surface area contributed by atoms with Gasteiger partial charge in [-0.2, -0.15) is 0 Å². The summed E-state index contributed by atoms with van der Waals surface area (Å²) in [7, 11) is 0. The summed E-state index contributed by atoms with van der Waals surface area (Å²) in [5.74, 6) is -0.160. The van der Waals surface area contributed by atoms with Gasteiger partial charge in [-0.3, -0.25) is 4.90 Å². The Bertz CT molecular complexity index is 754. The first kappa shape index (κ1) is 20.5. The van der Waals surface area contributed by atoms with Crippen molar-refractivity contribution in [3.05, 3.63) is 71.5 Å². The van der Waals surface area contributed by atoms with E-state index >= 15 is 0 Å². The molecular formula is C25H32FNO2. The Balaban J connectivity index is 1.76. The summed E-state index contributed by atoms with van der Waals surface area (Å²) in [6.07, 6.45) is 5.55. The van der Waals surface area contributed by atoms with E-state index in [2.05, 4.69) is 17.0 Å². The van der Waals surface area contributed by atoms with Crippen molar-refractivity contribution in [2.24, 2.45) is 5.92 Å². The number of morpholine rings is 1. The van der Waals surface area contributed by atoms with Gasteiger partial charge in [0.1, 0.15) is 11.4 Å². The molecular weight excluding hydrogens is 365 g/mol. The van der Waals surface area contributed by atoms with Crippen LogP contribution < -0.4 is 0 Å². The molecule has 1 N–H and O–H groups in total. The second-order valence-corrected chi connectivity index (χ2v) is 8.54. The maximum atomic E-state index is 13.7. The highest BCUT2D eigenvalue weighted by molar-refractivity contribution is 5.33. The maximum absolute atomic E-state index is 13.7. The zero-order valence-electron chi connectivity index (χ0n) is 17.1. The summed E-state index contributed by atoms with van der Waals surface area (Å²) in [6.45, 7) is 4.01. The van der Waals surface area contributed by atoms with Crippen molar-refractivity contribution in [3.63, 3.8) is 0 Å². The molecule has 4 heteroatoms. The molecule has 0 aromatic heterocycles. The van der Waals surface area contributed by atoms with Crippen molar-refractivity contribution in [3.8, 4) is 0 Å². The fraction of sp³-hybridized carbons (Fsp3) is 0.520. The molecule has 1 aliphatic carbocycles. The molecule has 2 aliphatic rings. The Morgan fingerprint density at radius 2 is 1.62 bits per heavy atom. The molecule has 0 amide bonds. The second-order valence-electron chi connectivity index (χ2n) is 8.54. The minimum absolute atomic E-state index is 0.0737. The van der Waals surface area contributed by atoms with Gasteiger partial charge in [0.05, 0.1) is 13.2 Å². The Morgan fingerprint density at radius 3 is 2.28 bits per heavy atom. The van der Waals surface area contributed by atoms with Crippen LogP contribution in [0.5, 0.6) is 0 Å². The summed E-state index contributed by atoms with van der Waals surface area (Å²) in [4.78, 5) is 2.40. The molecule has 0 radical (unpaired) electrons. The number of aliphatic hydroxyl groups is 1. The summed E-state index contributed by atoms with van der Waals surface area (Å²) in [6, 6.07) is 16.9. The third-order valence-electron chi connectivity index (χ3n) is 6.81. The zero-order chi connectivity index (χ0) is 20.1. The number of benzene rings is 2. The van der Waals surface area contributed by atoms with E-state index in [0.717, 1.165) is 69.7 Å². The first-order chi connectivity index (χ1) is 14.2. The van der Waals surface area contributed by atoms with E-state index in [1.165, 1.54) is 18.6 Å². The van der Waals surface area contributed by atoms with Crippen LogP contribution in [0.15, 0.2) is 54.6 Å². The third-order valence-corrected chi connectivity index (χ3v) is 6.81. The highest BCUT2D eigenvalue weighted by Gasteiger charge is 2.46. The van der Waals surface area contributed by atoms with Gasteiger partial charge in [-0.1, -0.05) is 61.7 Å². The van der Waals surface area contributed by atoms with Gasteiger partial charge >= 0.3 is 0 Å². The van der Waals surface area contributed by atoms with E-state index in [1.54, 1.807) is 12.1 Å². The van der Waals surface area contributed by atoms with Crippen molar-refractivity contribution in [1.29, 1.82) is 0 Å². The van der Waals surface area contributed by atoms with Gasteiger partial charge in [-0.25, -0.2) is 4.39 Å². The molecule has 2 aromatic carbocycles. The van der Waals surface area contributed by atoms with Crippen LogP contribution in [0.1, 0.15) is 49.1 Å². The molecule has 3 nitrogen and oxygen atoms in total. The van der Waals surface area contributed by atoms with Crippen molar-refractivity contribution >= 4 is 0 Å². The monoisotopic (exact) mass is 397 g/mol. The molecule has 4 rings (SSSR count). The first-order valence-corrected chi connectivity index (χ1v) is 11.0. The van der Waals surface area contributed by atoms with Crippen molar-refractivity contribution < 1.29 is 14.2 Å². The predicted molar refractivity (Wildman–Crippen MR) is 113 cm³/mol. The molecule has 1 saturated carbocycles. The summed E-state index contributed by atoms with van der Waals surface area (Å²) in [5, 5.41) is 12.5. The highest BCUT2D eigenvalue weighted by Crippen LogP contribution is 2.48. The first-order valence-electron chi connectivity index (χ1n) is 11.0. The molecule has 0 spiro atoms. The largest absolute Gasteiger partial charge is 0.384 e. The van der Waals surface area contributed by atoms with Crippen molar-refractivity contribution in [2.45, 2.75) is 43.6 Å². The van der Waals surface area contributed by atoms with Gasteiger partial charge in [0.2, 0.25) is 0 Å². The van der Waals surface area contributed by atoms with Gasteiger partial charge in [-0.05, 0) is 42.0 Å². The Labute approximate surface area is 173 Å². The lowest BCUT2D eigenvalue weighted by Gasteiger charge is -2.46. The van der Waals surface area contributed by atoms with E-state index in [0.29, 0.717) is 0 Å². The average Bonchev–Trinajstić information content (AvgIpc) is 2.79. The average molecular weight is 398 g/mol. The fourth-order valence-electron chi connectivity index (χ4n) is 5.21. The SMILES string of the molecule is O[C@@](c1ccc(F)cc1)(C1CCCCC1)[C@@H](CN1CCOCC1)c1ccccc1. The summed E-state index contributed by atoms with van der Waals surface area (Å²) in [5.41, 5.74) is 0.970. The number of hydrogen-bond donors (Lipinski definition) is 1. The molecule has 29 heavy (non-hydrogen) atoms. The molecule has 156 valence electrons. The lowest BCUT2D eigenvalue weighted by atomic mass is 9.65. The van der Waals surface area contributed by atoms with E-state index in [9.17, 15) is 9.50 Å². The number of halogens is 1. The van der Waals surface area contributed by atoms with E-state index in [4.69, 9.17) is 4.74 Å². The number of hydrogen-bond acceptors (Lipinski definition) is 3. The van der Waals surface area contributed by atoms with Crippen LogP contribution in [0.3, 0.4) is 0 Å². The third kappa shape index (κ3) is 4.55. The summed E-state index contributed by atoms with van der Waals surface area (Å²) >= 11 is 0. The van der Waals surface area contributed by atoms with Crippen LogP contribution in [0.2, 0.25) is 0 Å². The zero-order valence-corrected chi connectivity index (χ0v) is 17.1. The van der Waals surface area contributed by atoms with Gasteiger partial charge < -0.3 is 9.84 Å². The number of rotatable bonds is 6. The van der Waals surface area contributed by atoms with Gasteiger partial charge in [0, 0.05) is 25.6 Å². The molecule has 1 aliphatic heterocycles. The minimum Gasteiger partial charge on any atom is -0.384 e. The molecule has 0 bridgehead atoms. The molecule has 1 heterocycles. The Hall–Kier alpha value is -1.75. The van der Waals surface area contributed by atoms with Gasteiger partial charge in [0.25, 0.3) is 0 Å². The predicted octanol–water partition coefficient (Wildman–Crippen LogP) is 4.71. The number of ether oxygens (including phenoxy) is 1. The fourth-order valence-corrected chi connectivity index (χ4v) is 5.21. The maximum Gasteiger partial charge on any atom is 0.123 e. The molecule has 1 saturated heterocycles. The van der Waals surface area contributed by atoms with Crippen LogP contribution in [-0.4, -0.2) is 42.9 Å². The molecule has 2 atom stereocenters. The molecule has 0 unspecified atom stereocenters. The van der Waals surface area contributed by atoms with Crippen molar-refractivity contribution in [1.82, 2.24) is 4.90 Å². The standard InChI is InChI=1S/C25H32FNO2/c26-23-13-11-22(12-14-23)25(28,21-9-5-2-6-10-21)24(20-7-3-1-4-8-20)19-27-15-17-29-18-16-27/h1,3-4,7-8,11-14,21,24,28H,2,5-6,9-10,15-19H2/t24-,25+/m0/s1. The summed E-state index contributed by atoms with van der Waals surface area (Å²) < 4.78 is 19.3. The minimum atomic E-state index is -1.02. The Morgan fingerprint density at radius 1 is 0.966 bits per heavy atom. The van der Waals surface area contributed by atoms with Crippen LogP contribution in [0.25, 0.3) is 0 Å². The van der Waals surface area contributed by atoms with Crippen molar-refractivity contribution in [2.75, 3.05) is 32.8 Å². The van der Waals surface area contributed by atoms with E-state index < -0.39 is 5.60 Å². The van der Waals surface area contributed by atoms with E-state index in [-0.39, 0.29) is 17.7 Å². The van der Waals surface area contributed by atoms with Gasteiger partial charge in [0.15, 0.2) is 0 Å². The highest BCUT2D eigenvalue weighted by atomic mass is 19.1. The van der Waals surface area contributed by atoms with Gasteiger partial charge in [-0.15, -0.1) is 0 Å².